The fourth-order valence-electron chi connectivity index (χ4n) is 3.86. The Bertz CT molecular complexity index is 952. The topological polar surface area (TPSA) is 86.1 Å². The number of hydrogen-bond donors (Lipinski definition) is 1. The van der Waals surface area contributed by atoms with Crippen LogP contribution in [0, 0.1) is 17.2 Å². The molecule has 2 heterocycles. The van der Waals surface area contributed by atoms with E-state index in [0.717, 1.165) is 36.1 Å². The second-order valence-electron chi connectivity index (χ2n) is 7.52. The highest BCUT2D eigenvalue weighted by Crippen LogP contribution is 2.31. The monoisotopic (exact) mass is 386 g/mol. The first kappa shape index (κ1) is 19.6. The highest BCUT2D eigenvalue weighted by Gasteiger charge is 2.26. The molecule has 0 unspecified atom stereocenters. The number of sulfone groups is 1. The fourth-order valence-corrected chi connectivity index (χ4v) is 4.53. The Morgan fingerprint density at radius 1 is 1.33 bits per heavy atom. The van der Waals surface area contributed by atoms with Crippen molar-refractivity contribution in [1.29, 1.82) is 5.26 Å². The molecule has 144 valence electrons. The Kier molecular flexibility index (Phi) is 5.98. The minimum atomic E-state index is -2.91. The SMILES string of the molecule is C[C@H]1C[C@@H](NCCCS(C)(=O)=O)CN(c2ccc(C#N)c3ncccc23)C1. The van der Waals surface area contributed by atoms with Crippen molar-refractivity contribution in [3.63, 3.8) is 0 Å². The minimum absolute atomic E-state index is 0.220. The fraction of sp³-hybridized carbons (Fsp3) is 0.500. The van der Waals surface area contributed by atoms with Gasteiger partial charge in [0.2, 0.25) is 0 Å². The van der Waals surface area contributed by atoms with Gasteiger partial charge in [-0.15, -0.1) is 0 Å². The molecule has 2 aromatic rings. The standard InChI is InChI=1S/C20H26N4O2S/c1-15-11-17(22-9-4-10-27(2,25)26)14-24(13-15)19-7-6-16(12-21)20-18(19)5-3-8-23-20/h3,5-8,15,17,22H,4,9-11,13-14H2,1-2H3/t15-,17+/m0/s1. The lowest BCUT2D eigenvalue weighted by molar-refractivity contribution is 0.352. The molecule has 1 aliphatic rings. The Balaban J connectivity index is 1.75. The van der Waals surface area contributed by atoms with Gasteiger partial charge < -0.3 is 10.2 Å². The summed E-state index contributed by atoms with van der Waals surface area (Å²) in [6.45, 7) is 4.76. The smallest absolute Gasteiger partial charge is 0.147 e. The lowest BCUT2D eigenvalue weighted by Crippen LogP contribution is -2.49. The average molecular weight is 387 g/mol. The number of pyridine rings is 1. The van der Waals surface area contributed by atoms with Crippen LogP contribution in [0.15, 0.2) is 30.5 Å². The maximum atomic E-state index is 11.3. The van der Waals surface area contributed by atoms with Crippen LogP contribution in [0.4, 0.5) is 5.69 Å². The van der Waals surface area contributed by atoms with Crippen LogP contribution < -0.4 is 10.2 Å². The normalized spacial score (nSPS) is 20.6. The van der Waals surface area contributed by atoms with Crippen molar-refractivity contribution < 1.29 is 8.42 Å². The Morgan fingerprint density at radius 3 is 2.89 bits per heavy atom. The van der Waals surface area contributed by atoms with Gasteiger partial charge in [-0.2, -0.15) is 5.26 Å². The van der Waals surface area contributed by atoms with Gasteiger partial charge in [-0.05, 0) is 49.6 Å². The summed E-state index contributed by atoms with van der Waals surface area (Å²) in [4.78, 5) is 6.76. The van der Waals surface area contributed by atoms with Crippen molar-refractivity contribution in [3.8, 4) is 6.07 Å². The van der Waals surface area contributed by atoms with Gasteiger partial charge in [-0.1, -0.05) is 6.92 Å². The van der Waals surface area contributed by atoms with Crippen molar-refractivity contribution in [2.24, 2.45) is 5.92 Å². The van der Waals surface area contributed by atoms with Crippen LogP contribution in [-0.4, -0.2) is 51.1 Å². The number of piperidine rings is 1. The summed E-state index contributed by atoms with van der Waals surface area (Å²) in [5.41, 5.74) is 2.44. The van der Waals surface area contributed by atoms with Gasteiger partial charge >= 0.3 is 0 Å². The molecule has 0 bridgehead atoms. The Morgan fingerprint density at radius 2 is 2.15 bits per heavy atom. The molecule has 0 spiro atoms. The zero-order chi connectivity index (χ0) is 19.4. The molecule has 1 saturated heterocycles. The first-order chi connectivity index (χ1) is 12.9. The summed E-state index contributed by atoms with van der Waals surface area (Å²) in [5, 5.41) is 13.9. The van der Waals surface area contributed by atoms with Crippen LogP contribution in [0.25, 0.3) is 10.9 Å². The third-order valence-electron chi connectivity index (χ3n) is 4.99. The Hall–Kier alpha value is -2.17. The second kappa shape index (κ2) is 8.24. The lowest BCUT2D eigenvalue weighted by atomic mass is 9.94. The second-order valence-corrected chi connectivity index (χ2v) is 9.78. The van der Waals surface area contributed by atoms with E-state index in [9.17, 15) is 13.7 Å². The van der Waals surface area contributed by atoms with Crippen LogP contribution in [0.2, 0.25) is 0 Å². The quantitative estimate of drug-likeness (QED) is 0.767. The molecule has 1 aromatic carbocycles. The predicted octanol–water partition coefficient (Wildman–Crippen LogP) is 2.35. The zero-order valence-corrected chi connectivity index (χ0v) is 16.7. The number of rotatable bonds is 6. The van der Waals surface area contributed by atoms with Crippen LogP contribution >= 0.6 is 0 Å². The minimum Gasteiger partial charge on any atom is -0.369 e. The highest BCUT2D eigenvalue weighted by molar-refractivity contribution is 7.90. The van der Waals surface area contributed by atoms with Crippen molar-refractivity contribution >= 4 is 26.4 Å². The number of benzene rings is 1. The molecule has 3 rings (SSSR count). The summed E-state index contributed by atoms with van der Waals surface area (Å²) < 4.78 is 22.6. The largest absolute Gasteiger partial charge is 0.369 e. The van der Waals surface area contributed by atoms with Crippen molar-refractivity contribution in [3.05, 3.63) is 36.0 Å². The van der Waals surface area contributed by atoms with Crippen LogP contribution in [-0.2, 0) is 9.84 Å². The number of nitrogens with zero attached hydrogens (tertiary/aromatic N) is 3. The third kappa shape index (κ3) is 4.96. The highest BCUT2D eigenvalue weighted by atomic mass is 32.2. The van der Waals surface area contributed by atoms with Gasteiger partial charge in [0.25, 0.3) is 0 Å². The van der Waals surface area contributed by atoms with Crippen molar-refractivity contribution in [1.82, 2.24) is 10.3 Å². The van der Waals surface area contributed by atoms with E-state index in [4.69, 9.17) is 0 Å². The molecular formula is C20H26N4O2S. The molecule has 1 aliphatic heterocycles. The summed E-state index contributed by atoms with van der Waals surface area (Å²) >= 11 is 0. The number of aromatic nitrogens is 1. The molecule has 0 saturated carbocycles. The molecule has 1 aromatic heterocycles. The maximum Gasteiger partial charge on any atom is 0.147 e. The van der Waals surface area contributed by atoms with Gasteiger partial charge in [0.15, 0.2) is 0 Å². The van der Waals surface area contributed by atoms with E-state index in [-0.39, 0.29) is 5.75 Å². The molecule has 1 fully saturated rings. The molecule has 27 heavy (non-hydrogen) atoms. The third-order valence-corrected chi connectivity index (χ3v) is 6.02. The number of hydrogen-bond acceptors (Lipinski definition) is 6. The summed E-state index contributed by atoms with van der Waals surface area (Å²) in [6.07, 6.45) is 4.70. The first-order valence-electron chi connectivity index (χ1n) is 9.31. The van der Waals surface area contributed by atoms with E-state index < -0.39 is 9.84 Å². The number of anilines is 1. The number of fused-ring (bicyclic) bond motifs is 1. The van der Waals surface area contributed by atoms with Gasteiger partial charge in [-0.3, -0.25) is 4.98 Å². The molecule has 7 heteroatoms. The molecule has 1 N–H and O–H groups in total. The first-order valence-corrected chi connectivity index (χ1v) is 11.4. The molecule has 0 aliphatic carbocycles. The summed E-state index contributed by atoms with van der Waals surface area (Å²) in [7, 11) is -2.91. The number of nitrogens with one attached hydrogen (secondary N) is 1. The van der Waals surface area contributed by atoms with E-state index in [1.54, 1.807) is 6.20 Å². The molecule has 0 amide bonds. The average Bonchev–Trinajstić information content (AvgIpc) is 2.63. The summed E-state index contributed by atoms with van der Waals surface area (Å²) in [5.74, 6) is 0.742. The molecule has 6 nitrogen and oxygen atoms in total. The van der Waals surface area contributed by atoms with Gasteiger partial charge in [-0.25, -0.2) is 8.42 Å². The van der Waals surface area contributed by atoms with Crippen molar-refractivity contribution in [2.45, 2.75) is 25.8 Å². The van der Waals surface area contributed by atoms with E-state index in [2.05, 4.69) is 28.2 Å². The lowest BCUT2D eigenvalue weighted by Gasteiger charge is -2.39. The van der Waals surface area contributed by atoms with E-state index in [1.807, 2.05) is 24.3 Å². The van der Waals surface area contributed by atoms with Crippen LogP contribution in [0.5, 0.6) is 0 Å². The van der Waals surface area contributed by atoms with Gasteiger partial charge in [0.1, 0.15) is 15.9 Å². The van der Waals surface area contributed by atoms with Gasteiger partial charge in [0.05, 0.1) is 16.8 Å². The zero-order valence-electron chi connectivity index (χ0n) is 15.9. The molecule has 0 radical (unpaired) electrons. The van der Waals surface area contributed by atoms with E-state index in [0.29, 0.717) is 30.5 Å². The van der Waals surface area contributed by atoms with E-state index >= 15 is 0 Å². The summed E-state index contributed by atoms with van der Waals surface area (Å²) in [6, 6.07) is 10.3. The van der Waals surface area contributed by atoms with Crippen LogP contribution in [0.3, 0.4) is 0 Å². The molecule has 2 atom stereocenters. The molecular weight excluding hydrogens is 360 g/mol. The maximum absolute atomic E-state index is 11.3. The Labute approximate surface area is 161 Å². The van der Waals surface area contributed by atoms with Crippen molar-refractivity contribution in [2.75, 3.05) is 36.5 Å². The number of nitriles is 1. The van der Waals surface area contributed by atoms with Crippen LogP contribution in [0.1, 0.15) is 25.3 Å². The van der Waals surface area contributed by atoms with Gasteiger partial charge in [0, 0.05) is 42.7 Å². The van der Waals surface area contributed by atoms with E-state index in [1.165, 1.54) is 6.26 Å². The predicted molar refractivity (Wildman–Crippen MR) is 109 cm³/mol.